The quantitative estimate of drug-likeness (QED) is 0.768. The van der Waals surface area contributed by atoms with Crippen molar-refractivity contribution in [2.24, 2.45) is 18.9 Å². The number of piperidine rings is 1. The van der Waals surface area contributed by atoms with Crippen LogP contribution in [-0.2, 0) is 7.05 Å². The molecule has 0 aromatic carbocycles. The highest BCUT2D eigenvalue weighted by Gasteiger charge is 2.29. The van der Waals surface area contributed by atoms with Gasteiger partial charge in [-0.2, -0.15) is 0 Å². The smallest absolute Gasteiger partial charge is 0.178 e. The molecule has 18 heavy (non-hydrogen) atoms. The van der Waals surface area contributed by atoms with Crippen molar-refractivity contribution in [2.45, 2.75) is 33.2 Å². The zero-order valence-electron chi connectivity index (χ0n) is 11.9. The number of likely N-dealkylation sites (tertiary alicyclic amines) is 1. The number of hydrogen-bond donors (Lipinski definition) is 0. The monoisotopic (exact) mass is 248 g/mol. The molecule has 3 atom stereocenters. The first-order valence-corrected chi connectivity index (χ1v) is 6.86. The molecule has 0 amide bonds. The summed E-state index contributed by atoms with van der Waals surface area (Å²) in [5.74, 6) is 1.61. The van der Waals surface area contributed by atoms with Crippen LogP contribution in [0, 0.1) is 11.8 Å². The van der Waals surface area contributed by atoms with Crippen LogP contribution in [0.1, 0.15) is 37.6 Å². The Hall–Kier alpha value is -1.09. The fraction of sp³-hybridized carbons (Fsp3) is 0.667. The van der Waals surface area contributed by atoms with Crippen LogP contribution < -0.4 is 0 Å². The van der Waals surface area contributed by atoms with Crippen LogP contribution in [0.3, 0.4) is 0 Å². The number of hydrogen-bond acceptors (Lipinski definition) is 2. The molecule has 1 fully saturated rings. The van der Waals surface area contributed by atoms with Crippen molar-refractivity contribution in [3.63, 3.8) is 0 Å². The van der Waals surface area contributed by atoms with Gasteiger partial charge in [0.2, 0.25) is 0 Å². The minimum absolute atomic E-state index is 0.240. The van der Waals surface area contributed by atoms with Gasteiger partial charge in [-0.15, -0.1) is 0 Å². The molecule has 1 saturated heterocycles. The van der Waals surface area contributed by atoms with Gasteiger partial charge in [-0.05, 0) is 31.2 Å². The van der Waals surface area contributed by atoms with Gasteiger partial charge >= 0.3 is 0 Å². The molecule has 2 heterocycles. The zero-order valence-corrected chi connectivity index (χ0v) is 11.9. The average molecular weight is 248 g/mol. The lowest BCUT2D eigenvalue weighted by atomic mass is 9.86. The molecule has 3 nitrogen and oxygen atoms in total. The Morgan fingerprint density at radius 1 is 1.39 bits per heavy atom. The van der Waals surface area contributed by atoms with Crippen molar-refractivity contribution >= 4 is 5.78 Å². The van der Waals surface area contributed by atoms with Gasteiger partial charge in [-0.3, -0.25) is 9.69 Å². The number of carbonyl (C=O) groups is 1. The maximum absolute atomic E-state index is 12.2. The summed E-state index contributed by atoms with van der Waals surface area (Å²) in [6.45, 7) is 8.42. The molecule has 1 aromatic heterocycles. The Morgan fingerprint density at radius 3 is 2.72 bits per heavy atom. The van der Waals surface area contributed by atoms with Crippen LogP contribution in [0.15, 0.2) is 18.5 Å². The van der Waals surface area contributed by atoms with E-state index in [2.05, 4.69) is 25.7 Å². The molecule has 1 aromatic rings. The number of ketones is 1. The van der Waals surface area contributed by atoms with E-state index in [1.165, 1.54) is 6.42 Å². The summed E-state index contributed by atoms with van der Waals surface area (Å²) in [6.07, 6.45) is 5.11. The predicted octanol–water partition coefficient (Wildman–Crippen LogP) is 2.57. The molecule has 0 N–H and O–H groups in total. The third-order valence-corrected chi connectivity index (χ3v) is 4.22. The molecule has 3 unspecified atom stereocenters. The summed E-state index contributed by atoms with van der Waals surface area (Å²) in [6, 6.07) is 2.41. The van der Waals surface area contributed by atoms with Crippen molar-refractivity contribution in [3.05, 3.63) is 24.0 Å². The second-order valence-corrected chi connectivity index (χ2v) is 5.98. The van der Waals surface area contributed by atoms with E-state index in [1.807, 2.05) is 30.1 Å². The van der Waals surface area contributed by atoms with Gasteiger partial charge in [-0.25, -0.2) is 0 Å². The Labute approximate surface area is 110 Å². The second-order valence-electron chi connectivity index (χ2n) is 5.98. The minimum Gasteiger partial charge on any atom is -0.357 e. The number of aryl methyl sites for hydroxylation is 1. The summed E-state index contributed by atoms with van der Waals surface area (Å²) in [5.41, 5.74) is 0.829. The summed E-state index contributed by atoms with van der Waals surface area (Å²) >= 11 is 0. The van der Waals surface area contributed by atoms with Gasteiger partial charge in [0.1, 0.15) is 0 Å². The Bertz CT molecular complexity index is 424. The number of rotatable bonds is 3. The van der Waals surface area contributed by atoms with Crippen LogP contribution in [0.5, 0.6) is 0 Å². The molecule has 0 saturated carbocycles. The average Bonchev–Trinajstić information content (AvgIpc) is 2.72. The van der Waals surface area contributed by atoms with E-state index >= 15 is 0 Å². The van der Waals surface area contributed by atoms with E-state index in [0.29, 0.717) is 24.4 Å². The minimum atomic E-state index is 0.240. The maximum Gasteiger partial charge on any atom is 0.178 e. The molecule has 2 rings (SSSR count). The Morgan fingerprint density at radius 2 is 2.11 bits per heavy atom. The van der Waals surface area contributed by atoms with E-state index in [1.54, 1.807) is 0 Å². The van der Waals surface area contributed by atoms with E-state index in [4.69, 9.17) is 0 Å². The Balaban J connectivity index is 2.02. The van der Waals surface area contributed by atoms with Crippen molar-refractivity contribution in [1.29, 1.82) is 0 Å². The largest absolute Gasteiger partial charge is 0.357 e. The standard InChI is InChI=1S/C15H24N2O/c1-11-7-12(2)13(3)17(8-11)10-15(18)14-5-6-16(4)9-14/h5-6,9,11-13H,7-8,10H2,1-4H3. The van der Waals surface area contributed by atoms with Gasteiger partial charge in [0.25, 0.3) is 0 Å². The van der Waals surface area contributed by atoms with Crippen LogP contribution in [-0.4, -0.2) is 34.4 Å². The summed E-state index contributed by atoms with van der Waals surface area (Å²) in [7, 11) is 1.95. The lowest BCUT2D eigenvalue weighted by molar-refractivity contribution is 0.0650. The first kappa shape index (κ1) is 13.3. The number of Topliss-reactive ketones (excluding diaryl/α,β-unsaturated/α-hetero) is 1. The molecule has 0 radical (unpaired) electrons. The van der Waals surface area contributed by atoms with Crippen LogP contribution >= 0.6 is 0 Å². The van der Waals surface area contributed by atoms with Crippen molar-refractivity contribution in [2.75, 3.05) is 13.1 Å². The molecule has 0 bridgehead atoms. The van der Waals surface area contributed by atoms with E-state index in [0.717, 1.165) is 12.1 Å². The molecule has 100 valence electrons. The van der Waals surface area contributed by atoms with E-state index in [-0.39, 0.29) is 5.78 Å². The SMILES string of the molecule is CC1CC(C)C(C)N(CC(=O)c2ccn(C)c2)C1. The summed E-state index contributed by atoms with van der Waals surface area (Å²) in [5, 5.41) is 0. The maximum atomic E-state index is 12.2. The van der Waals surface area contributed by atoms with Crippen molar-refractivity contribution in [1.82, 2.24) is 9.47 Å². The normalized spacial score (nSPS) is 29.4. The summed E-state index contributed by atoms with van der Waals surface area (Å²) in [4.78, 5) is 14.6. The molecule has 1 aliphatic heterocycles. The van der Waals surface area contributed by atoms with Crippen LogP contribution in [0.2, 0.25) is 0 Å². The lowest BCUT2D eigenvalue weighted by Crippen LogP contribution is -2.47. The zero-order chi connectivity index (χ0) is 13.3. The third kappa shape index (κ3) is 2.83. The van der Waals surface area contributed by atoms with Gasteiger partial charge < -0.3 is 4.57 Å². The first-order chi connectivity index (χ1) is 8.47. The third-order valence-electron chi connectivity index (χ3n) is 4.22. The van der Waals surface area contributed by atoms with Gasteiger partial charge in [0, 0.05) is 37.6 Å². The van der Waals surface area contributed by atoms with Gasteiger partial charge in [-0.1, -0.05) is 13.8 Å². The number of aromatic nitrogens is 1. The highest BCUT2D eigenvalue weighted by molar-refractivity contribution is 5.97. The molecule has 3 heteroatoms. The Kier molecular flexibility index (Phi) is 3.91. The fourth-order valence-corrected chi connectivity index (χ4v) is 2.99. The molecule has 0 spiro atoms. The molecule has 0 aliphatic carbocycles. The molecular weight excluding hydrogens is 224 g/mol. The first-order valence-electron chi connectivity index (χ1n) is 6.86. The van der Waals surface area contributed by atoms with Gasteiger partial charge in [0.05, 0.1) is 6.54 Å². The highest BCUT2D eigenvalue weighted by atomic mass is 16.1. The highest BCUT2D eigenvalue weighted by Crippen LogP contribution is 2.26. The van der Waals surface area contributed by atoms with Gasteiger partial charge in [0.15, 0.2) is 5.78 Å². The lowest BCUT2D eigenvalue weighted by Gasteiger charge is -2.40. The van der Waals surface area contributed by atoms with Crippen LogP contribution in [0.25, 0.3) is 0 Å². The topological polar surface area (TPSA) is 25.2 Å². The fourth-order valence-electron chi connectivity index (χ4n) is 2.99. The molecular formula is C15H24N2O. The van der Waals surface area contributed by atoms with Crippen molar-refractivity contribution < 1.29 is 4.79 Å². The molecule has 1 aliphatic rings. The second kappa shape index (κ2) is 5.27. The number of nitrogens with zero attached hydrogens (tertiary/aromatic N) is 2. The summed E-state index contributed by atoms with van der Waals surface area (Å²) < 4.78 is 1.93. The number of carbonyl (C=O) groups excluding carboxylic acids is 1. The predicted molar refractivity (Wildman–Crippen MR) is 73.7 cm³/mol. The van der Waals surface area contributed by atoms with E-state index < -0.39 is 0 Å². The van der Waals surface area contributed by atoms with E-state index in [9.17, 15) is 4.79 Å². The van der Waals surface area contributed by atoms with Crippen molar-refractivity contribution in [3.8, 4) is 0 Å². The van der Waals surface area contributed by atoms with Crippen LogP contribution in [0.4, 0.5) is 0 Å².